The van der Waals surface area contributed by atoms with E-state index in [0.717, 1.165) is 19.4 Å². The molecule has 2 atom stereocenters. The van der Waals surface area contributed by atoms with Crippen molar-refractivity contribution in [3.05, 3.63) is 0 Å². The molecule has 2 fully saturated rings. The van der Waals surface area contributed by atoms with Crippen molar-refractivity contribution < 1.29 is 9.50 Å². The number of fused-ring (bicyclic) bond motifs is 1. The van der Waals surface area contributed by atoms with Crippen LogP contribution in [-0.2, 0) is 0 Å². The first-order chi connectivity index (χ1) is 7.27. The molecule has 0 spiro atoms. The lowest BCUT2D eigenvalue weighted by Gasteiger charge is -2.28. The molecule has 3 heteroatoms. The Morgan fingerprint density at radius 1 is 1.33 bits per heavy atom. The van der Waals surface area contributed by atoms with Crippen molar-refractivity contribution in [2.45, 2.75) is 58.7 Å². The summed E-state index contributed by atoms with van der Waals surface area (Å²) in [6.45, 7) is 9.65. The number of hydrogen-bond acceptors (Lipinski definition) is 2. The van der Waals surface area contributed by atoms with Gasteiger partial charge in [-0.2, -0.15) is 0 Å². The molecule has 92 valence electrons. The molecule has 2 nitrogen and oxygen atoms in total. The summed E-state index contributed by atoms with van der Waals surface area (Å²) >= 11 is 0. The van der Waals surface area contributed by atoms with Gasteiger partial charge in [0.1, 0.15) is 6.17 Å². The second-order valence-electron chi connectivity index (χ2n) is 3.73. The van der Waals surface area contributed by atoms with Gasteiger partial charge in [0.25, 0.3) is 0 Å². The number of aliphatic hydroxyl groups is 1. The van der Waals surface area contributed by atoms with E-state index in [1.807, 2.05) is 27.7 Å². The molecule has 2 rings (SSSR count). The van der Waals surface area contributed by atoms with Gasteiger partial charge in [0.2, 0.25) is 0 Å². The van der Waals surface area contributed by atoms with Crippen LogP contribution in [0.5, 0.6) is 0 Å². The minimum absolute atomic E-state index is 0.132. The van der Waals surface area contributed by atoms with Gasteiger partial charge in [0.15, 0.2) is 0 Å². The smallest absolute Gasteiger partial charge is 0.115 e. The third-order valence-electron chi connectivity index (χ3n) is 3.06. The number of nitrogens with zero attached hydrogens (tertiary/aromatic N) is 1. The Bertz CT molecular complexity index is 166. The summed E-state index contributed by atoms with van der Waals surface area (Å²) in [5.74, 6) is 0. The second kappa shape index (κ2) is 7.18. The van der Waals surface area contributed by atoms with Gasteiger partial charge in [-0.3, -0.25) is 4.90 Å². The first-order valence-electron chi connectivity index (χ1n) is 6.27. The maximum absolute atomic E-state index is 12.9. The van der Waals surface area contributed by atoms with Gasteiger partial charge in [-0.1, -0.05) is 27.7 Å². The molecule has 0 saturated carbocycles. The Labute approximate surface area is 93.5 Å². The lowest BCUT2D eigenvalue weighted by Crippen LogP contribution is -2.41. The highest BCUT2D eigenvalue weighted by Gasteiger charge is 2.47. The third-order valence-corrected chi connectivity index (χ3v) is 3.06. The van der Waals surface area contributed by atoms with Gasteiger partial charge < -0.3 is 5.11 Å². The van der Waals surface area contributed by atoms with Crippen molar-refractivity contribution in [1.82, 2.24) is 4.90 Å². The summed E-state index contributed by atoms with van der Waals surface area (Å²) in [5, 5.41) is 9.14. The largest absolute Gasteiger partial charge is 0.394 e. The van der Waals surface area contributed by atoms with Crippen molar-refractivity contribution in [3.8, 4) is 0 Å². The molecule has 2 saturated heterocycles. The van der Waals surface area contributed by atoms with Crippen LogP contribution in [0.4, 0.5) is 4.39 Å². The standard InChI is InChI=1S/C8H14FNO.2C2H6/c9-7-4-8(6-11)2-1-3-10(8)5-7;2*1-2/h7,11H,1-6H2;2*1-2H3/t7-,8-;;/m1../s1. The lowest BCUT2D eigenvalue weighted by molar-refractivity contribution is 0.0996. The van der Waals surface area contributed by atoms with E-state index >= 15 is 0 Å². The quantitative estimate of drug-likeness (QED) is 0.733. The van der Waals surface area contributed by atoms with Crippen molar-refractivity contribution >= 4 is 0 Å². The zero-order valence-corrected chi connectivity index (χ0v) is 10.6. The van der Waals surface area contributed by atoms with Gasteiger partial charge in [-0.15, -0.1) is 0 Å². The summed E-state index contributed by atoms with van der Waals surface area (Å²) in [7, 11) is 0. The van der Waals surface area contributed by atoms with Gasteiger partial charge in [0, 0.05) is 18.5 Å². The van der Waals surface area contributed by atoms with Gasteiger partial charge in [0.05, 0.1) is 6.61 Å². The summed E-state index contributed by atoms with van der Waals surface area (Å²) in [6, 6.07) is 0. The Kier molecular flexibility index (Phi) is 7.11. The number of halogens is 1. The highest BCUT2D eigenvalue weighted by atomic mass is 19.1. The Balaban J connectivity index is 0.000000442. The number of aliphatic hydroxyl groups excluding tert-OH is 1. The van der Waals surface area contributed by atoms with E-state index in [9.17, 15) is 4.39 Å². The zero-order valence-electron chi connectivity index (χ0n) is 10.6. The topological polar surface area (TPSA) is 23.5 Å². The van der Waals surface area contributed by atoms with Crippen LogP contribution in [0.1, 0.15) is 47.0 Å². The summed E-state index contributed by atoms with van der Waals surface area (Å²) in [4.78, 5) is 2.11. The fourth-order valence-corrected chi connectivity index (χ4v) is 2.47. The maximum atomic E-state index is 12.9. The first kappa shape index (κ1) is 14.8. The molecule has 15 heavy (non-hydrogen) atoms. The van der Waals surface area contributed by atoms with E-state index in [4.69, 9.17) is 5.11 Å². The summed E-state index contributed by atoms with van der Waals surface area (Å²) in [5.41, 5.74) is -0.167. The van der Waals surface area contributed by atoms with Crippen molar-refractivity contribution in [2.75, 3.05) is 19.7 Å². The van der Waals surface area contributed by atoms with E-state index in [1.54, 1.807) is 0 Å². The van der Waals surface area contributed by atoms with Gasteiger partial charge >= 0.3 is 0 Å². The zero-order chi connectivity index (χ0) is 11.9. The van der Waals surface area contributed by atoms with Gasteiger partial charge in [-0.25, -0.2) is 4.39 Å². The average Bonchev–Trinajstić information content (AvgIpc) is 2.80. The molecule has 2 aliphatic heterocycles. The number of alkyl halides is 1. The van der Waals surface area contributed by atoms with E-state index in [2.05, 4.69) is 4.90 Å². The van der Waals surface area contributed by atoms with Crippen LogP contribution in [0.25, 0.3) is 0 Å². The second-order valence-corrected chi connectivity index (χ2v) is 3.73. The molecule has 0 radical (unpaired) electrons. The Morgan fingerprint density at radius 2 is 1.93 bits per heavy atom. The monoisotopic (exact) mass is 219 g/mol. The molecule has 1 N–H and O–H groups in total. The highest BCUT2D eigenvalue weighted by molar-refractivity contribution is 5.03. The van der Waals surface area contributed by atoms with Crippen LogP contribution >= 0.6 is 0 Å². The van der Waals surface area contributed by atoms with Crippen LogP contribution in [0.2, 0.25) is 0 Å². The fourth-order valence-electron chi connectivity index (χ4n) is 2.47. The van der Waals surface area contributed by atoms with Crippen molar-refractivity contribution in [2.24, 2.45) is 0 Å². The lowest BCUT2D eigenvalue weighted by atomic mass is 9.95. The molecule has 0 aromatic carbocycles. The predicted molar refractivity (Wildman–Crippen MR) is 62.8 cm³/mol. The molecule has 2 heterocycles. The number of rotatable bonds is 1. The van der Waals surface area contributed by atoms with Crippen LogP contribution in [-0.4, -0.2) is 41.4 Å². The van der Waals surface area contributed by atoms with E-state index < -0.39 is 6.17 Å². The van der Waals surface area contributed by atoms with Crippen LogP contribution in [0, 0.1) is 0 Å². The van der Waals surface area contributed by atoms with E-state index in [-0.39, 0.29) is 12.1 Å². The predicted octanol–water partition coefficient (Wildman–Crippen LogP) is 2.61. The Morgan fingerprint density at radius 3 is 2.40 bits per heavy atom. The summed E-state index contributed by atoms with van der Waals surface area (Å²) in [6.07, 6.45) is 1.93. The van der Waals surface area contributed by atoms with Crippen LogP contribution in [0.3, 0.4) is 0 Å². The van der Waals surface area contributed by atoms with Crippen molar-refractivity contribution in [1.29, 1.82) is 0 Å². The third kappa shape index (κ3) is 3.15. The van der Waals surface area contributed by atoms with Crippen molar-refractivity contribution in [3.63, 3.8) is 0 Å². The van der Waals surface area contributed by atoms with Crippen LogP contribution in [0.15, 0.2) is 0 Å². The summed E-state index contributed by atoms with van der Waals surface area (Å²) < 4.78 is 12.9. The van der Waals surface area contributed by atoms with E-state index in [0.29, 0.717) is 13.0 Å². The molecule has 0 aliphatic carbocycles. The molecular weight excluding hydrogens is 193 g/mol. The molecular formula is C12H26FNO. The van der Waals surface area contributed by atoms with Crippen LogP contribution < -0.4 is 0 Å². The highest BCUT2D eigenvalue weighted by Crippen LogP contribution is 2.39. The molecule has 0 aromatic rings. The molecule has 0 amide bonds. The SMILES string of the molecule is CC.CC.OC[C@]12CCCN1C[C@H](F)C2. The number of hydrogen-bond donors (Lipinski definition) is 1. The first-order valence-corrected chi connectivity index (χ1v) is 6.27. The molecule has 0 aromatic heterocycles. The molecule has 2 aliphatic rings. The average molecular weight is 219 g/mol. The minimum Gasteiger partial charge on any atom is -0.394 e. The minimum atomic E-state index is -0.706. The molecule has 0 unspecified atom stereocenters. The van der Waals surface area contributed by atoms with Gasteiger partial charge in [-0.05, 0) is 19.4 Å². The molecule has 0 bridgehead atoms. The Hall–Kier alpha value is -0.150. The van der Waals surface area contributed by atoms with E-state index in [1.165, 1.54) is 0 Å². The maximum Gasteiger partial charge on any atom is 0.115 e. The fraction of sp³-hybridized carbons (Fsp3) is 1.00. The normalized spacial score (nSPS) is 33.6.